The molecule has 1 aromatic heterocycles. The van der Waals surface area contributed by atoms with Gasteiger partial charge in [-0.2, -0.15) is 0 Å². The minimum atomic E-state index is -0.233. The second kappa shape index (κ2) is 4.72. The number of rotatable bonds is 4. The maximum atomic E-state index is 11.2. The maximum absolute atomic E-state index is 11.2. The van der Waals surface area contributed by atoms with Crippen LogP contribution >= 0.6 is 11.6 Å². The predicted octanol–water partition coefficient (Wildman–Crippen LogP) is 1.94. The van der Waals surface area contributed by atoms with Crippen LogP contribution in [0.5, 0.6) is 5.75 Å². The first-order valence-electron chi connectivity index (χ1n) is 3.69. The summed E-state index contributed by atoms with van der Waals surface area (Å²) >= 11 is 5.47. The Kier molecular flexibility index (Phi) is 3.58. The van der Waals surface area contributed by atoms with Crippen molar-refractivity contribution < 1.29 is 9.15 Å². The maximum Gasteiger partial charge on any atom is 0.227 e. The van der Waals surface area contributed by atoms with Gasteiger partial charge in [0.15, 0.2) is 0 Å². The minimum absolute atomic E-state index is 0.175. The van der Waals surface area contributed by atoms with Crippen molar-refractivity contribution in [2.75, 3.05) is 6.61 Å². The molecule has 0 amide bonds. The van der Waals surface area contributed by atoms with Gasteiger partial charge in [-0.25, -0.2) is 0 Å². The molecule has 1 heterocycles. The number of hydrogen-bond donors (Lipinski definition) is 0. The molecule has 1 rings (SSSR count). The Morgan fingerprint density at radius 1 is 1.69 bits per heavy atom. The molecule has 0 atom stereocenters. The molecule has 1 aromatic rings. The summed E-state index contributed by atoms with van der Waals surface area (Å²) in [7, 11) is 0. The van der Waals surface area contributed by atoms with Gasteiger partial charge in [-0.1, -0.05) is 12.7 Å². The second-order valence-electron chi connectivity index (χ2n) is 2.31. The summed E-state index contributed by atoms with van der Waals surface area (Å²) < 4.78 is 10.0. The molecule has 0 N–H and O–H groups in total. The third-order valence-electron chi connectivity index (χ3n) is 1.34. The van der Waals surface area contributed by atoms with E-state index in [1.165, 1.54) is 12.3 Å². The summed E-state index contributed by atoms with van der Waals surface area (Å²) in [5.41, 5.74) is -0.233. The van der Waals surface area contributed by atoms with E-state index in [1.807, 2.05) is 0 Å². The van der Waals surface area contributed by atoms with Crippen molar-refractivity contribution in [1.29, 1.82) is 0 Å². The lowest BCUT2D eigenvalue weighted by molar-refractivity contribution is 0.340. The fraction of sp³-hybridized carbons (Fsp3) is 0.222. The van der Waals surface area contributed by atoms with E-state index < -0.39 is 0 Å². The van der Waals surface area contributed by atoms with E-state index in [2.05, 4.69) is 6.58 Å². The van der Waals surface area contributed by atoms with Crippen molar-refractivity contribution >= 4 is 11.6 Å². The highest BCUT2D eigenvalue weighted by atomic mass is 35.5. The van der Waals surface area contributed by atoms with E-state index in [9.17, 15) is 4.79 Å². The van der Waals surface area contributed by atoms with Crippen LogP contribution in [0.25, 0.3) is 0 Å². The van der Waals surface area contributed by atoms with Crippen LogP contribution in [0.2, 0.25) is 0 Å². The Hall–Kier alpha value is -1.22. The molecule has 3 nitrogen and oxygen atoms in total. The first-order chi connectivity index (χ1) is 6.27. The Labute approximate surface area is 80.6 Å². The summed E-state index contributed by atoms with van der Waals surface area (Å²) in [6.07, 6.45) is 2.80. The normalized spacial score (nSPS) is 9.62. The van der Waals surface area contributed by atoms with Gasteiger partial charge in [-0.3, -0.25) is 4.79 Å². The highest BCUT2D eigenvalue weighted by molar-refractivity contribution is 6.16. The van der Waals surface area contributed by atoms with Crippen molar-refractivity contribution in [2.24, 2.45) is 0 Å². The van der Waals surface area contributed by atoms with Gasteiger partial charge in [0.25, 0.3) is 0 Å². The van der Waals surface area contributed by atoms with Crippen LogP contribution in [0.3, 0.4) is 0 Å². The molecule has 0 saturated heterocycles. The Bertz CT molecular complexity index is 343. The smallest absolute Gasteiger partial charge is 0.227 e. The highest BCUT2D eigenvalue weighted by Gasteiger charge is 2.02. The Morgan fingerprint density at radius 2 is 2.46 bits per heavy atom. The van der Waals surface area contributed by atoms with E-state index in [0.717, 1.165) is 0 Å². The van der Waals surface area contributed by atoms with Crippen molar-refractivity contribution in [2.45, 2.75) is 5.88 Å². The zero-order valence-corrected chi connectivity index (χ0v) is 7.71. The van der Waals surface area contributed by atoms with Crippen molar-refractivity contribution in [3.05, 3.63) is 41.0 Å². The average molecular weight is 201 g/mol. The molecule has 0 saturated carbocycles. The van der Waals surface area contributed by atoms with Crippen molar-refractivity contribution in [3.63, 3.8) is 0 Å². The summed E-state index contributed by atoms with van der Waals surface area (Å²) in [4.78, 5) is 11.2. The second-order valence-corrected chi connectivity index (χ2v) is 2.58. The number of ether oxygens (including phenoxy) is 1. The van der Waals surface area contributed by atoms with E-state index in [1.54, 1.807) is 6.08 Å². The largest absolute Gasteiger partial charge is 0.482 e. The van der Waals surface area contributed by atoms with Gasteiger partial charge in [-0.05, 0) is 0 Å². The molecule has 0 aliphatic heterocycles. The van der Waals surface area contributed by atoms with Crippen LogP contribution < -0.4 is 10.2 Å². The van der Waals surface area contributed by atoms with Crippen LogP contribution in [0.15, 0.2) is 34.2 Å². The molecule has 0 aliphatic carbocycles. The monoisotopic (exact) mass is 200 g/mol. The quantitative estimate of drug-likeness (QED) is 0.551. The molecule has 0 unspecified atom stereocenters. The molecule has 0 aromatic carbocycles. The molecule has 0 aliphatic rings. The van der Waals surface area contributed by atoms with Crippen LogP contribution in [0.1, 0.15) is 5.76 Å². The van der Waals surface area contributed by atoms with Crippen LogP contribution in [-0.2, 0) is 5.88 Å². The third kappa shape index (κ3) is 2.63. The highest BCUT2D eigenvalue weighted by Crippen LogP contribution is 2.07. The third-order valence-corrected chi connectivity index (χ3v) is 1.60. The predicted molar refractivity (Wildman–Crippen MR) is 50.2 cm³/mol. The fourth-order valence-electron chi connectivity index (χ4n) is 0.763. The van der Waals surface area contributed by atoms with E-state index >= 15 is 0 Å². The Balaban J connectivity index is 2.85. The number of halogens is 1. The van der Waals surface area contributed by atoms with Gasteiger partial charge in [0, 0.05) is 6.07 Å². The molecule has 0 fully saturated rings. The van der Waals surface area contributed by atoms with Gasteiger partial charge in [-0.15, -0.1) is 11.6 Å². The van der Waals surface area contributed by atoms with Gasteiger partial charge < -0.3 is 9.15 Å². The van der Waals surface area contributed by atoms with Crippen LogP contribution in [0.4, 0.5) is 0 Å². The van der Waals surface area contributed by atoms with Crippen LogP contribution in [0, 0.1) is 0 Å². The van der Waals surface area contributed by atoms with E-state index in [4.69, 9.17) is 20.8 Å². The molecule has 70 valence electrons. The molecule has 4 heteroatoms. The molecule has 0 radical (unpaired) electrons. The number of hydrogen-bond acceptors (Lipinski definition) is 3. The number of alkyl halides is 1. The first-order valence-corrected chi connectivity index (χ1v) is 4.22. The van der Waals surface area contributed by atoms with Gasteiger partial charge >= 0.3 is 0 Å². The molecular formula is C9H9ClO3. The lowest BCUT2D eigenvalue weighted by Gasteiger charge is -2.01. The van der Waals surface area contributed by atoms with Crippen LogP contribution in [-0.4, -0.2) is 6.61 Å². The average Bonchev–Trinajstić information content (AvgIpc) is 2.16. The van der Waals surface area contributed by atoms with Gasteiger partial charge in [0.1, 0.15) is 18.6 Å². The topological polar surface area (TPSA) is 39.4 Å². The lowest BCUT2D eigenvalue weighted by atomic mass is 10.4. The molecule has 0 bridgehead atoms. The zero-order valence-electron chi connectivity index (χ0n) is 6.96. The summed E-state index contributed by atoms with van der Waals surface area (Å²) in [6, 6.07) is 1.31. The molecular weight excluding hydrogens is 192 g/mol. The standard InChI is InChI=1S/C9H9ClO3/c1-2-3-12-9-6-13-7(5-10)4-8(9)11/h2,4,6H,1,3,5H2. The fourth-order valence-corrected chi connectivity index (χ4v) is 0.903. The lowest BCUT2D eigenvalue weighted by Crippen LogP contribution is -2.07. The first kappa shape index (κ1) is 9.86. The SMILES string of the molecule is C=CCOc1coc(CCl)cc1=O. The van der Waals surface area contributed by atoms with Crippen molar-refractivity contribution in [1.82, 2.24) is 0 Å². The Morgan fingerprint density at radius 3 is 3.00 bits per heavy atom. The molecule has 13 heavy (non-hydrogen) atoms. The van der Waals surface area contributed by atoms with Crippen molar-refractivity contribution in [3.8, 4) is 5.75 Å². The molecule has 0 spiro atoms. The summed E-state index contributed by atoms with van der Waals surface area (Å²) in [6.45, 7) is 3.74. The van der Waals surface area contributed by atoms with Gasteiger partial charge in [0.05, 0.1) is 5.88 Å². The summed E-state index contributed by atoms with van der Waals surface area (Å²) in [5.74, 6) is 0.781. The van der Waals surface area contributed by atoms with E-state index in [0.29, 0.717) is 5.76 Å². The minimum Gasteiger partial charge on any atom is -0.482 e. The van der Waals surface area contributed by atoms with E-state index in [-0.39, 0.29) is 23.7 Å². The summed E-state index contributed by atoms with van der Waals surface area (Å²) in [5, 5.41) is 0. The zero-order chi connectivity index (χ0) is 9.68. The van der Waals surface area contributed by atoms with Gasteiger partial charge in [0.2, 0.25) is 11.2 Å².